The number of aliphatic imine (C=N–C) groups is 2. The molecular weight excluding hydrogens is 555 g/mol. The summed E-state index contributed by atoms with van der Waals surface area (Å²) >= 11 is 0. The third-order valence-corrected chi connectivity index (χ3v) is 6.54. The Bertz CT molecular complexity index is 511. The van der Waals surface area contributed by atoms with Crippen LogP contribution in [-0.2, 0) is 26.0 Å². The van der Waals surface area contributed by atoms with E-state index in [2.05, 4.69) is 55.4 Å². The van der Waals surface area contributed by atoms with E-state index in [1.165, 1.54) is 0 Å². The second-order valence-corrected chi connectivity index (χ2v) is 9.26. The Morgan fingerprint density at radius 1 is 0.700 bits per heavy atom. The second kappa shape index (κ2) is 13.8. The molecule has 0 aliphatic carbocycles. The maximum atomic E-state index is 6.46. The van der Waals surface area contributed by atoms with Crippen molar-refractivity contribution >= 4 is 11.8 Å². The Labute approximate surface area is 216 Å². The van der Waals surface area contributed by atoms with Gasteiger partial charge in [0.05, 0.1) is 18.5 Å². The third kappa shape index (κ3) is 7.20. The Morgan fingerprint density at radius 3 is 1.23 bits per heavy atom. The van der Waals surface area contributed by atoms with E-state index in [9.17, 15) is 0 Å². The van der Waals surface area contributed by atoms with Crippen molar-refractivity contribution < 1.29 is 59.9 Å². The first-order valence-corrected chi connectivity index (χ1v) is 11.2. The molecule has 0 radical (unpaired) electrons. The summed E-state index contributed by atoms with van der Waals surface area (Å²) in [6, 6.07) is 0.496. The van der Waals surface area contributed by atoms with Gasteiger partial charge in [0, 0.05) is 0 Å². The Hall–Kier alpha value is 0.394. The minimum atomic E-state index is -0.150. The maximum absolute atomic E-state index is 6.46. The summed E-state index contributed by atoms with van der Waals surface area (Å²) in [5.41, 5.74) is -0.300. The summed E-state index contributed by atoms with van der Waals surface area (Å²) in [4.78, 5) is 10.0. The van der Waals surface area contributed by atoms with Gasteiger partial charge in [0.15, 0.2) is 11.8 Å². The Morgan fingerprint density at radius 2 is 1.00 bits per heavy atom. The van der Waals surface area contributed by atoms with Crippen LogP contribution in [0.4, 0.5) is 0 Å². The molecule has 0 amide bonds. The molecule has 2 aliphatic rings. The van der Waals surface area contributed by atoms with Crippen LogP contribution >= 0.6 is 0 Å². The molecule has 180 valence electrons. The summed E-state index contributed by atoms with van der Waals surface area (Å²) < 4.78 is 12.9. The molecule has 2 atom stereocenters. The van der Waals surface area contributed by atoms with Gasteiger partial charge >= 0.3 is 16.5 Å². The quantitative estimate of drug-likeness (QED) is 0.338. The first-order chi connectivity index (χ1) is 12.7. The van der Waals surface area contributed by atoms with E-state index in [0.717, 1.165) is 50.3 Å². The topological polar surface area (TPSA) is 43.2 Å². The van der Waals surface area contributed by atoms with Gasteiger partial charge < -0.3 is 43.4 Å². The van der Waals surface area contributed by atoms with Crippen molar-refractivity contribution in [2.45, 2.75) is 124 Å². The van der Waals surface area contributed by atoms with Crippen LogP contribution in [0.15, 0.2) is 9.98 Å². The standard InChI is InChI=1S/C23H42N2O2.2BrH.Ni/c1-9-22(10-2)18(13-16(5)6)24-20(26-22)15-21-25-19(14-17(7)8)23(11-3,12-4)27-21;;;/h16-19H,9-15H2,1-8H3;2*1H;/q;;;+2/p-2/t18-,19-;;;/m1.../s1. The molecule has 2 aliphatic heterocycles. The number of nitrogens with zero attached hydrogens (tertiary/aromatic N) is 2. The fourth-order valence-electron chi connectivity index (χ4n) is 4.69. The van der Waals surface area contributed by atoms with E-state index >= 15 is 0 Å². The minimum absolute atomic E-state index is 0. The molecule has 4 nitrogen and oxygen atoms in total. The molecule has 0 fully saturated rings. The van der Waals surface area contributed by atoms with Crippen LogP contribution in [0.2, 0.25) is 0 Å². The maximum Gasteiger partial charge on any atom is 2.00 e. The van der Waals surface area contributed by atoms with E-state index in [0.29, 0.717) is 18.3 Å². The molecule has 7 heteroatoms. The SMILES string of the molecule is CCC1(CC)OC(CC2=N[C@H](CC(C)C)C(CC)(CC)O2)=N[C@@H]1CC(C)C.[Br-].[Br-].[Ni+2]. The number of halogens is 2. The molecule has 0 unspecified atom stereocenters. The van der Waals surface area contributed by atoms with Gasteiger partial charge in [0.1, 0.15) is 11.2 Å². The molecule has 2 heterocycles. The van der Waals surface area contributed by atoms with Gasteiger partial charge in [0.2, 0.25) is 0 Å². The first-order valence-electron chi connectivity index (χ1n) is 11.2. The number of hydrogen-bond acceptors (Lipinski definition) is 4. The van der Waals surface area contributed by atoms with Crippen molar-refractivity contribution in [1.29, 1.82) is 0 Å². The van der Waals surface area contributed by atoms with Crippen molar-refractivity contribution in [3.8, 4) is 0 Å². The number of rotatable bonds is 10. The zero-order valence-electron chi connectivity index (χ0n) is 20.0. The van der Waals surface area contributed by atoms with E-state index < -0.39 is 0 Å². The molecule has 0 aromatic carbocycles. The fourth-order valence-corrected chi connectivity index (χ4v) is 4.69. The summed E-state index contributed by atoms with van der Waals surface area (Å²) in [6.45, 7) is 17.9. The molecule has 0 aromatic heterocycles. The largest absolute Gasteiger partial charge is 2.00 e. The predicted octanol–water partition coefficient (Wildman–Crippen LogP) is 0.186. The normalized spacial score (nSPS) is 23.5. The van der Waals surface area contributed by atoms with Crippen LogP contribution in [-0.4, -0.2) is 35.1 Å². The van der Waals surface area contributed by atoms with Gasteiger partial charge in [-0.15, -0.1) is 0 Å². The first kappa shape index (κ1) is 32.6. The molecule has 0 saturated carbocycles. The molecule has 2 rings (SSSR count). The summed E-state index contributed by atoms with van der Waals surface area (Å²) in [7, 11) is 0. The van der Waals surface area contributed by atoms with Crippen LogP contribution in [0.5, 0.6) is 0 Å². The van der Waals surface area contributed by atoms with Crippen LogP contribution in [0.3, 0.4) is 0 Å². The molecule has 0 bridgehead atoms. The predicted molar refractivity (Wildman–Crippen MR) is 115 cm³/mol. The average Bonchev–Trinajstić information content (AvgIpc) is 3.12. The van der Waals surface area contributed by atoms with Crippen LogP contribution in [0.25, 0.3) is 0 Å². The zero-order valence-corrected chi connectivity index (χ0v) is 24.2. The van der Waals surface area contributed by atoms with Crippen molar-refractivity contribution in [1.82, 2.24) is 0 Å². The van der Waals surface area contributed by atoms with E-state index in [4.69, 9.17) is 19.5 Å². The zero-order chi connectivity index (χ0) is 20.2. The van der Waals surface area contributed by atoms with E-state index in [1.54, 1.807) is 0 Å². The van der Waals surface area contributed by atoms with Crippen LogP contribution in [0, 0.1) is 11.8 Å². The fraction of sp³-hybridized carbons (Fsp3) is 0.913. The Balaban J connectivity index is 0. The van der Waals surface area contributed by atoms with Gasteiger partial charge in [-0.3, -0.25) is 0 Å². The van der Waals surface area contributed by atoms with Gasteiger partial charge in [0.25, 0.3) is 0 Å². The minimum Gasteiger partial charge on any atom is -1.00 e. The van der Waals surface area contributed by atoms with Gasteiger partial charge in [-0.25, -0.2) is 9.98 Å². The molecule has 0 aromatic rings. The summed E-state index contributed by atoms with van der Waals surface area (Å²) in [6.07, 6.45) is 6.71. The summed E-state index contributed by atoms with van der Waals surface area (Å²) in [5, 5.41) is 0. The van der Waals surface area contributed by atoms with Crippen molar-refractivity contribution in [3.05, 3.63) is 0 Å². The van der Waals surface area contributed by atoms with Crippen molar-refractivity contribution in [2.24, 2.45) is 21.8 Å². The van der Waals surface area contributed by atoms with Crippen LogP contribution < -0.4 is 34.0 Å². The third-order valence-electron chi connectivity index (χ3n) is 6.54. The molecule has 0 spiro atoms. The van der Waals surface area contributed by atoms with Gasteiger partial charge in [-0.05, 0) is 50.4 Å². The Kier molecular flexibility index (Phi) is 15.0. The molecular formula is C23H42Br2N2NiO2. The second-order valence-electron chi connectivity index (χ2n) is 9.26. The smallest absolute Gasteiger partial charge is 1.00 e. The summed E-state index contributed by atoms with van der Waals surface area (Å²) in [5.74, 6) is 2.88. The number of ether oxygens (including phenoxy) is 2. The number of hydrogen-bond donors (Lipinski definition) is 0. The van der Waals surface area contributed by atoms with Crippen molar-refractivity contribution in [2.75, 3.05) is 0 Å². The monoisotopic (exact) mass is 594 g/mol. The van der Waals surface area contributed by atoms with Crippen LogP contribution in [0.1, 0.15) is 100 Å². The average molecular weight is 597 g/mol. The van der Waals surface area contributed by atoms with Gasteiger partial charge in [-0.1, -0.05) is 55.4 Å². The van der Waals surface area contributed by atoms with E-state index in [-0.39, 0.29) is 73.7 Å². The molecule has 0 saturated heterocycles. The molecule has 30 heavy (non-hydrogen) atoms. The van der Waals surface area contributed by atoms with Gasteiger partial charge in [-0.2, -0.15) is 0 Å². The molecule has 0 N–H and O–H groups in total. The van der Waals surface area contributed by atoms with Crippen molar-refractivity contribution in [3.63, 3.8) is 0 Å². The van der Waals surface area contributed by atoms with E-state index in [1.807, 2.05) is 0 Å².